The summed E-state index contributed by atoms with van der Waals surface area (Å²) < 4.78 is 36.3. The van der Waals surface area contributed by atoms with E-state index < -0.39 is 22.4 Å². The van der Waals surface area contributed by atoms with Crippen LogP contribution in [0.1, 0.15) is 12.6 Å². The Morgan fingerprint density at radius 3 is 2.53 bits per heavy atom. The van der Waals surface area contributed by atoms with Gasteiger partial charge in [-0.05, 0) is 19.1 Å². The second-order valence-electron chi connectivity index (χ2n) is 4.14. The van der Waals surface area contributed by atoms with Crippen LogP contribution in [0.25, 0.3) is 0 Å². The van der Waals surface area contributed by atoms with Crippen molar-refractivity contribution < 1.29 is 17.9 Å². The van der Waals surface area contributed by atoms with E-state index in [1.165, 1.54) is 14.2 Å². The highest BCUT2D eigenvalue weighted by Crippen LogP contribution is 2.03. The van der Waals surface area contributed by atoms with Gasteiger partial charge in [0.05, 0.1) is 11.8 Å². The summed E-state index contributed by atoms with van der Waals surface area (Å²) >= 11 is 0. The van der Waals surface area contributed by atoms with Crippen molar-refractivity contribution in [3.63, 3.8) is 0 Å². The Labute approximate surface area is 114 Å². The lowest BCUT2D eigenvalue weighted by atomic mass is 10.3. The number of sulfonamides is 1. The molecule has 1 rings (SSSR count). The summed E-state index contributed by atoms with van der Waals surface area (Å²) in [7, 11) is -0.464. The molecule has 108 valence electrons. The minimum atomic E-state index is -3.39. The van der Waals surface area contributed by atoms with Crippen molar-refractivity contribution in [1.82, 2.24) is 9.71 Å². The number of nitrogens with one attached hydrogen (secondary N) is 1. The molecule has 1 atom stereocenters. The first-order valence-corrected chi connectivity index (χ1v) is 7.59. The molecule has 1 unspecified atom stereocenters. The standard InChI is InChI=1S/C12H20N2O4S/c1-10(12(17-2)18-3)14-19(15,16)9-7-11-6-4-5-8-13-11/h4-6,8,10,12,14H,7,9H2,1-3H3. The molecule has 1 heterocycles. The van der Waals surface area contributed by atoms with Crippen molar-refractivity contribution in [2.45, 2.75) is 25.7 Å². The molecular weight excluding hydrogens is 268 g/mol. The number of methoxy groups -OCH3 is 2. The Kier molecular flexibility index (Phi) is 6.36. The Bertz CT molecular complexity index is 460. The zero-order valence-electron chi connectivity index (χ0n) is 11.4. The molecule has 0 saturated heterocycles. The van der Waals surface area contributed by atoms with E-state index in [0.29, 0.717) is 6.42 Å². The zero-order chi connectivity index (χ0) is 14.3. The molecule has 1 aromatic heterocycles. The van der Waals surface area contributed by atoms with Crippen LogP contribution in [0.5, 0.6) is 0 Å². The summed E-state index contributed by atoms with van der Waals surface area (Å²) in [6.07, 6.45) is 1.40. The molecule has 0 spiro atoms. The molecule has 0 aromatic carbocycles. The summed E-state index contributed by atoms with van der Waals surface area (Å²) in [4.78, 5) is 4.09. The maximum absolute atomic E-state index is 11.9. The van der Waals surface area contributed by atoms with Gasteiger partial charge in [-0.3, -0.25) is 4.98 Å². The summed E-state index contributed by atoms with van der Waals surface area (Å²) in [5, 5.41) is 0. The maximum Gasteiger partial charge on any atom is 0.212 e. The Morgan fingerprint density at radius 1 is 1.32 bits per heavy atom. The SMILES string of the molecule is COC(OC)C(C)NS(=O)(=O)CCc1ccccn1. The molecule has 19 heavy (non-hydrogen) atoms. The number of rotatable bonds is 8. The summed E-state index contributed by atoms with van der Waals surface area (Å²) in [5.41, 5.74) is 0.746. The van der Waals surface area contributed by atoms with E-state index in [1.807, 2.05) is 6.07 Å². The van der Waals surface area contributed by atoms with E-state index in [4.69, 9.17) is 9.47 Å². The molecule has 0 saturated carbocycles. The number of nitrogens with zero attached hydrogens (tertiary/aromatic N) is 1. The van der Waals surface area contributed by atoms with Gasteiger partial charge >= 0.3 is 0 Å². The topological polar surface area (TPSA) is 77.5 Å². The highest BCUT2D eigenvalue weighted by atomic mass is 32.2. The van der Waals surface area contributed by atoms with Gasteiger partial charge in [0.25, 0.3) is 0 Å². The highest BCUT2D eigenvalue weighted by Gasteiger charge is 2.21. The smallest absolute Gasteiger partial charge is 0.212 e. The van der Waals surface area contributed by atoms with Crippen LogP contribution in [0, 0.1) is 0 Å². The predicted molar refractivity (Wildman–Crippen MR) is 72.1 cm³/mol. The fourth-order valence-corrected chi connectivity index (χ4v) is 2.96. The van der Waals surface area contributed by atoms with Crippen LogP contribution in [-0.2, 0) is 25.9 Å². The summed E-state index contributed by atoms with van der Waals surface area (Å²) in [6.45, 7) is 1.69. The number of hydrogen-bond acceptors (Lipinski definition) is 5. The van der Waals surface area contributed by atoms with Crippen LogP contribution in [0.15, 0.2) is 24.4 Å². The third kappa shape index (κ3) is 5.65. The second-order valence-corrected chi connectivity index (χ2v) is 6.01. The van der Waals surface area contributed by atoms with Gasteiger partial charge < -0.3 is 9.47 Å². The number of pyridine rings is 1. The van der Waals surface area contributed by atoms with E-state index >= 15 is 0 Å². The molecule has 1 aromatic rings. The Morgan fingerprint density at radius 2 is 2.00 bits per heavy atom. The maximum atomic E-state index is 11.9. The van der Waals surface area contributed by atoms with Gasteiger partial charge in [-0.1, -0.05) is 6.07 Å². The van der Waals surface area contributed by atoms with Gasteiger partial charge in [-0.25, -0.2) is 13.1 Å². The molecule has 0 aliphatic rings. The van der Waals surface area contributed by atoms with Crippen LogP contribution in [0.2, 0.25) is 0 Å². The lowest BCUT2D eigenvalue weighted by molar-refractivity contribution is -0.115. The lowest BCUT2D eigenvalue weighted by Crippen LogP contribution is -2.44. The molecule has 0 bridgehead atoms. The van der Waals surface area contributed by atoms with Crippen molar-refractivity contribution >= 4 is 10.0 Å². The molecule has 1 N–H and O–H groups in total. The number of aromatic nitrogens is 1. The molecule has 0 aliphatic carbocycles. The first-order valence-electron chi connectivity index (χ1n) is 5.94. The van der Waals surface area contributed by atoms with Crippen LogP contribution in [0.4, 0.5) is 0 Å². The van der Waals surface area contributed by atoms with Crippen molar-refractivity contribution in [2.75, 3.05) is 20.0 Å². The van der Waals surface area contributed by atoms with E-state index in [-0.39, 0.29) is 5.75 Å². The zero-order valence-corrected chi connectivity index (χ0v) is 12.2. The number of aryl methyl sites for hydroxylation is 1. The molecule has 0 fully saturated rings. The third-order valence-electron chi connectivity index (χ3n) is 2.59. The highest BCUT2D eigenvalue weighted by molar-refractivity contribution is 7.89. The third-order valence-corrected chi connectivity index (χ3v) is 4.06. The Hall–Kier alpha value is -1.02. The molecule has 0 radical (unpaired) electrons. The molecule has 6 nitrogen and oxygen atoms in total. The predicted octanol–water partition coefficient (Wildman–Crippen LogP) is 0.551. The van der Waals surface area contributed by atoms with E-state index in [2.05, 4.69) is 9.71 Å². The number of ether oxygens (including phenoxy) is 2. The van der Waals surface area contributed by atoms with Crippen LogP contribution in [0.3, 0.4) is 0 Å². The van der Waals surface area contributed by atoms with Gasteiger partial charge in [0.2, 0.25) is 10.0 Å². The Balaban J connectivity index is 2.52. The lowest BCUT2D eigenvalue weighted by Gasteiger charge is -2.21. The first kappa shape index (κ1) is 16.0. The minimum absolute atomic E-state index is 0.0193. The fraction of sp³-hybridized carbons (Fsp3) is 0.583. The van der Waals surface area contributed by atoms with Gasteiger partial charge in [-0.2, -0.15) is 0 Å². The molecular formula is C12H20N2O4S. The van der Waals surface area contributed by atoms with E-state index in [9.17, 15) is 8.42 Å². The molecule has 7 heteroatoms. The van der Waals surface area contributed by atoms with Gasteiger partial charge in [-0.15, -0.1) is 0 Å². The quantitative estimate of drug-likeness (QED) is 0.707. The van der Waals surface area contributed by atoms with Crippen LogP contribution in [-0.4, -0.2) is 45.7 Å². The summed E-state index contributed by atoms with van der Waals surface area (Å²) in [5.74, 6) is -0.0193. The second kappa shape index (κ2) is 7.54. The van der Waals surface area contributed by atoms with Gasteiger partial charge in [0, 0.05) is 32.5 Å². The summed E-state index contributed by atoms with van der Waals surface area (Å²) in [6, 6.07) is 4.96. The normalized spacial score (nSPS) is 13.7. The first-order chi connectivity index (χ1) is 8.98. The van der Waals surface area contributed by atoms with Crippen LogP contribution >= 0.6 is 0 Å². The van der Waals surface area contributed by atoms with Gasteiger partial charge in [0.1, 0.15) is 0 Å². The molecule has 0 amide bonds. The average Bonchev–Trinajstić information content (AvgIpc) is 2.38. The van der Waals surface area contributed by atoms with E-state index in [1.54, 1.807) is 25.3 Å². The van der Waals surface area contributed by atoms with Crippen molar-refractivity contribution in [3.05, 3.63) is 30.1 Å². The van der Waals surface area contributed by atoms with Crippen molar-refractivity contribution in [2.24, 2.45) is 0 Å². The van der Waals surface area contributed by atoms with Crippen LogP contribution < -0.4 is 4.72 Å². The molecule has 0 aliphatic heterocycles. The van der Waals surface area contributed by atoms with Crippen molar-refractivity contribution in [3.8, 4) is 0 Å². The van der Waals surface area contributed by atoms with E-state index in [0.717, 1.165) is 5.69 Å². The van der Waals surface area contributed by atoms with Gasteiger partial charge in [0.15, 0.2) is 6.29 Å². The monoisotopic (exact) mass is 288 g/mol. The number of hydrogen-bond donors (Lipinski definition) is 1. The largest absolute Gasteiger partial charge is 0.354 e. The average molecular weight is 288 g/mol. The fourth-order valence-electron chi connectivity index (χ4n) is 1.69. The van der Waals surface area contributed by atoms with Crippen molar-refractivity contribution in [1.29, 1.82) is 0 Å². The minimum Gasteiger partial charge on any atom is -0.354 e.